The van der Waals surface area contributed by atoms with Gasteiger partial charge in [0, 0.05) is 5.71 Å². The molecule has 0 unspecified atom stereocenters. The van der Waals surface area contributed by atoms with Crippen molar-refractivity contribution >= 4 is 17.4 Å². The van der Waals surface area contributed by atoms with Crippen LogP contribution >= 0.6 is 0 Å². The summed E-state index contributed by atoms with van der Waals surface area (Å²) in [5.41, 5.74) is 0.173. The molecule has 154 valence electrons. The van der Waals surface area contributed by atoms with E-state index < -0.39 is 17.7 Å². The molecule has 0 saturated carbocycles. The molecule has 29 heavy (non-hydrogen) atoms. The molecular weight excluding hydrogens is 389 g/mol. The molecule has 0 bridgehead atoms. The second-order valence-electron chi connectivity index (χ2n) is 5.71. The van der Waals surface area contributed by atoms with Crippen molar-refractivity contribution in [2.45, 2.75) is 13.1 Å². The van der Waals surface area contributed by atoms with E-state index >= 15 is 0 Å². The first kappa shape index (κ1) is 21.9. The minimum atomic E-state index is -4.43. The number of halogens is 3. The van der Waals surface area contributed by atoms with Crippen LogP contribution in [0.25, 0.3) is 0 Å². The lowest BCUT2D eigenvalue weighted by atomic mass is 10.1. The number of nitrogens with zero attached hydrogens (tertiary/aromatic N) is 2. The molecule has 0 fully saturated rings. The highest BCUT2D eigenvalue weighted by molar-refractivity contribution is 6.43. The van der Waals surface area contributed by atoms with Crippen molar-refractivity contribution in [3.05, 3.63) is 65.2 Å². The molecule has 0 radical (unpaired) electrons. The van der Waals surface area contributed by atoms with Crippen LogP contribution in [0.5, 0.6) is 5.75 Å². The first-order valence-corrected chi connectivity index (χ1v) is 8.38. The van der Waals surface area contributed by atoms with Gasteiger partial charge in [-0.25, -0.2) is 4.79 Å². The fourth-order valence-corrected chi connectivity index (χ4v) is 2.38. The van der Waals surface area contributed by atoms with Crippen molar-refractivity contribution in [3.63, 3.8) is 0 Å². The average Bonchev–Trinajstić information content (AvgIpc) is 2.71. The maximum Gasteiger partial charge on any atom is 0.416 e. The second-order valence-corrected chi connectivity index (χ2v) is 5.71. The Kier molecular flexibility index (Phi) is 7.35. The van der Waals surface area contributed by atoms with Crippen molar-refractivity contribution < 1.29 is 32.3 Å². The number of hydrogen-bond donors (Lipinski definition) is 0. The minimum Gasteiger partial charge on any atom is -0.471 e. The summed E-state index contributed by atoms with van der Waals surface area (Å²) >= 11 is 0. The Bertz CT molecular complexity index is 924. The quantitative estimate of drug-likeness (QED) is 0.393. The molecule has 0 amide bonds. The Hall–Kier alpha value is -3.36. The van der Waals surface area contributed by atoms with Crippen LogP contribution in [0.1, 0.15) is 23.6 Å². The van der Waals surface area contributed by atoms with E-state index in [4.69, 9.17) is 4.74 Å². The van der Waals surface area contributed by atoms with Crippen LogP contribution in [0.4, 0.5) is 13.2 Å². The van der Waals surface area contributed by atoms with Gasteiger partial charge in [0.15, 0.2) is 12.4 Å². The molecule has 0 spiro atoms. The molecule has 9 heteroatoms. The minimum absolute atomic E-state index is 0.0934. The van der Waals surface area contributed by atoms with Gasteiger partial charge in [-0.3, -0.25) is 4.99 Å². The molecule has 2 aromatic carbocycles. The van der Waals surface area contributed by atoms with Gasteiger partial charge >= 0.3 is 12.1 Å². The van der Waals surface area contributed by atoms with Gasteiger partial charge in [0.2, 0.25) is 0 Å². The molecule has 0 aromatic heterocycles. The largest absolute Gasteiger partial charge is 0.471 e. The normalized spacial score (nSPS) is 12.5. The zero-order valence-corrected chi connectivity index (χ0v) is 16.0. The number of carbonyl (C=O) groups is 1. The number of rotatable bonds is 7. The van der Waals surface area contributed by atoms with Gasteiger partial charge in [-0.1, -0.05) is 29.4 Å². The molecule has 6 nitrogen and oxygen atoms in total. The van der Waals surface area contributed by atoms with Gasteiger partial charge in [-0.2, -0.15) is 13.2 Å². The average molecular weight is 408 g/mol. The van der Waals surface area contributed by atoms with Crippen LogP contribution in [0, 0.1) is 0 Å². The summed E-state index contributed by atoms with van der Waals surface area (Å²) in [4.78, 5) is 20.8. The maximum atomic E-state index is 12.9. The Morgan fingerprint density at radius 3 is 2.45 bits per heavy atom. The third kappa shape index (κ3) is 5.81. The van der Waals surface area contributed by atoms with Crippen LogP contribution in [0.3, 0.4) is 0 Å². The topological polar surface area (TPSA) is 69.5 Å². The number of para-hydroxylation sites is 1. The number of esters is 1. The van der Waals surface area contributed by atoms with E-state index in [0.29, 0.717) is 16.8 Å². The first-order valence-electron chi connectivity index (χ1n) is 8.38. The van der Waals surface area contributed by atoms with Crippen molar-refractivity contribution in [2.75, 3.05) is 21.0 Å². The summed E-state index contributed by atoms with van der Waals surface area (Å²) in [5.74, 6) is -0.430. The predicted octanol–water partition coefficient (Wildman–Crippen LogP) is 4.07. The van der Waals surface area contributed by atoms with Crippen molar-refractivity contribution in [1.29, 1.82) is 0 Å². The van der Waals surface area contributed by atoms with Crippen molar-refractivity contribution in [2.24, 2.45) is 10.1 Å². The highest BCUT2D eigenvalue weighted by Gasteiger charge is 2.30. The lowest BCUT2D eigenvalue weighted by Gasteiger charge is -2.11. The molecule has 0 atom stereocenters. The van der Waals surface area contributed by atoms with Gasteiger partial charge in [-0.15, -0.1) is 0 Å². The number of hydrogen-bond acceptors (Lipinski definition) is 6. The third-order valence-electron chi connectivity index (χ3n) is 3.83. The number of alkyl halides is 3. The predicted molar refractivity (Wildman–Crippen MR) is 101 cm³/mol. The van der Waals surface area contributed by atoms with Crippen LogP contribution in [-0.4, -0.2) is 38.3 Å². The van der Waals surface area contributed by atoms with Crippen molar-refractivity contribution in [1.82, 2.24) is 0 Å². The summed E-state index contributed by atoms with van der Waals surface area (Å²) in [6, 6.07) is 11.4. The van der Waals surface area contributed by atoms with Crippen LogP contribution in [-0.2, 0) is 20.5 Å². The SMILES string of the molecule is CO/N=C(/C(=O)OC)c1ccccc1OC/N=C(\C)c1cccc(C(F)(F)F)c1. The summed E-state index contributed by atoms with van der Waals surface area (Å²) < 4.78 is 48.9. The monoisotopic (exact) mass is 408 g/mol. The van der Waals surface area contributed by atoms with Crippen LogP contribution in [0.2, 0.25) is 0 Å². The summed E-state index contributed by atoms with van der Waals surface area (Å²) in [6.07, 6.45) is -4.43. The molecule has 0 saturated heterocycles. The lowest BCUT2D eigenvalue weighted by Crippen LogP contribution is -2.18. The maximum absolute atomic E-state index is 12.9. The molecule has 0 aliphatic carbocycles. The van der Waals surface area contributed by atoms with E-state index in [1.165, 1.54) is 26.4 Å². The molecule has 2 rings (SSSR count). The number of ether oxygens (including phenoxy) is 2. The number of carbonyl (C=O) groups excluding carboxylic acids is 1. The summed E-state index contributed by atoms with van der Waals surface area (Å²) in [6.45, 7) is 1.40. The Morgan fingerprint density at radius 2 is 1.79 bits per heavy atom. The van der Waals surface area contributed by atoms with Gasteiger partial charge in [0.1, 0.15) is 12.9 Å². The smallest absolute Gasteiger partial charge is 0.416 e. The van der Waals surface area contributed by atoms with Gasteiger partial charge < -0.3 is 14.3 Å². The highest BCUT2D eigenvalue weighted by atomic mass is 19.4. The van der Waals surface area contributed by atoms with Crippen LogP contribution in [0.15, 0.2) is 58.7 Å². The Morgan fingerprint density at radius 1 is 1.07 bits per heavy atom. The van der Waals surface area contributed by atoms with E-state index in [1.54, 1.807) is 31.2 Å². The van der Waals surface area contributed by atoms with E-state index in [-0.39, 0.29) is 18.2 Å². The summed E-state index contributed by atoms with van der Waals surface area (Å²) in [5, 5.41) is 3.67. The Balaban J connectivity index is 2.21. The molecule has 0 aliphatic rings. The molecule has 0 aliphatic heterocycles. The highest BCUT2D eigenvalue weighted by Crippen LogP contribution is 2.29. The lowest BCUT2D eigenvalue weighted by molar-refractivity contribution is -0.137. The van der Waals surface area contributed by atoms with Crippen molar-refractivity contribution in [3.8, 4) is 5.75 Å². The van der Waals surface area contributed by atoms with Crippen LogP contribution < -0.4 is 4.74 Å². The van der Waals surface area contributed by atoms with Gasteiger partial charge in [0.05, 0.1) is 18.2 Å². The number of benzene rings is 2. The zero-order valence-electron chi connectivity index (χ0n) is 16.0. The third-order valence-corrected chi connectivity index (χ3v) is 3.83. The Labute approximate surface area is 165 Å². The van der Waals surface area contributed by atoms with E-state index in [1.807, 2.05) is 0 Å². The summed E-state index contributed by atoms with van der Waals surface area (Å²) in [7, 11) is 2.49. The first-order chi connectivity index (χ1) is 13.8. The van der Waals surface area contributed by atoms with Gasteiger partial charge in [-0.05, 0) is 36.8 Å². The number of aliphatic imine (C=N–C) groups is 1. The fourth-order valence-electron chi connectivity index (χ4n) is 2.38. The molecule has 0 heterocycles. The second kappa shape index (κ2) is 9.72. The molecule has 0 N–H and O–H groups in total. The molecular formula is C20H19F3N2O4. The fraction of sp³-hybridized carbons (Fsp3) is 0.250. The van der Waals surface area contributed by atoms with E-state index in [0.717, 1.165) is 12.1 Å². The standard InChI is InChI=1S/C20H19F3N2O4/c1-13(14-7-6-8-15(11-14)20(21,22)23)24-12-29-17-10-5-4-9-16(17)18(25-28-3)19(26)27-2/h4-11H,12H2,1-3H3/b24-13+,25-18+. The van der Waals surface area contributed by atoms with Gasteiger partial charge in [0.25, 0.3) is 0 Å². The van der Waals surface area contributed by atoms with E-state index in [9.17, 15) is 18.0 Å². The number of methoxy groups -OCH3 is 1. The zero-order chi connectivity index (χ0) is 21.4. The molecule has 2 aromatic rings. The number of oxime groups is 1. The van der Waals surface area contributed by atoms with E-state index in [2.05, 4.69) is 19.7 Å².